The number of methoxy groups -OCH3 is 1. The highest BCUT2D eigenvalue weighted by molar-refractivity contribution is 5.90. The van der Waals surface area contributed by atoms with Crippen molar-refractivity contribution in [3.63, 3.8) is 0 Å². The molecule has 3 nitrogen and oxygen atoms in total. The van der Waals surface area contributed by atoms with Gasteiger partial charge in [-0.25, -0.2) is 4.79 Å². The number of carbonyl (C=O) groups excluding carboxylic acids is 1. The molecule has 3 heteroatoms. The average Bonchev–Trinajstić information content (AvgIpc) is 2.28. The predicted molar refractivity (Wildman–Crippen MR) is 56.7 cm³/mol. The zero-order valence-corrected chi connectivity index (χ0v) is 8.69. The number of hydrogen-bond acceptors (Lipinski definition) is 3. The van der Waals surface area contributed by atoms with Crippen molar-refractivity contribution in [2.24, 2.45) is 0 Å². The summed E-state index contributed by atoms with van der Waals surface area (Å²) in [7, 11) is 1.54. The molecule has 1 aromatic rings. The Hall–Kier alpha value is -1.95. The molecule has 0 aliphatic heterocycles. The molecule has 0 aromatic heterocycles. The fraction of sp³-hybridized carbons (Fsp3) is 0.250. The van der Waals surface area contributed by atoms with Crippen molar-refractivity contribution in [1.82, 2.24) is 0 Å². The number of ether oxygens (including phenoxy) is 2. The number of rotatable bonds is 3. The van der Waals surface area contributed by atoms with E-state index < -0.39 is 12.1 Å². The van der Waals surface area contributed by atoms with Crippen molar-refractivity contribution in [3.8, 4) is 18.1 Å². The molecule has 0 spiro atoms. The first kappa shape index (κ1) is 11.1. The van der Waals surface area contributed by atoms with E-state index in [4.69, 9.17) is 15.9 Å². The van der Waals surface area contributed by atoms with Crippen LogP contribution >= 0.6 is 0 Å². The summed E-state index contributed by atoms with van der Waals surface area (Å²) in [5.41, 5.74) is 0.427. The number of esters is 1. The van der Waals surface area contributed by atoms with Gasteiger partial charge in [0.2, 0.25) is 0 Å². The fourth-order valence-corrected chi connectivity index (χ4v) is 1.01. The Morgan fingerprint density at radius 3 is 2.87 bits per heavy atom. The van der Waals surface area contributed by atoms with E-state index in [2.05, 4.69) is 5.92 Å². The fourth-order valence-electron chi connectivity index (χ4n) is 1.01. The molecule has 0 bridgehead atoms. The molecule has 1 aromatic carbocycles. The normalized spacial score (nSPS) is 11.3. The summed E-state index contributed by atoms with van der Waals surface area (Å²) in [6, 6.07) is 6.72. The summed E-state index contributed by atoms with van der Waals surface area (Å²) in [6.45, 7) is 1.64. The molecule has 0 unspecified atom stereocenters. The highest BCUT2D eigenvalue weighted by Crippen LogP contribution is 2.13. The number of carbonyl (C=O) groups is 1. The predicted octanol–water partition coefficient (Wildman–Crippen LogP) is 1.87. The Morgan fingerprint density at radius 1 is 1.53 bits per heavy atom. The molecule has 0 amide bonds. The van der Waals surface area contributed by atoms with E-state index in [9.17, 15) is 4.79 Å². The van der Waals surface area contributed by atoms with Gasteiger partial charge >= 0.3 is 5.97 Å². The summed E-state index contributed by atoms with van der Waals surface area (Å²) in [4.78, 5) is 11.5. The smallest absolute Gasteiger partial charge is 0.339 e. The number of benzene rings is 1. The van der Waals surface area contributed by atoms with Gasteiger partial charge < -0.3 is 9.47 Å². The minimum absolute atomic E-state index is 0.427. The van der Waals surface area contributed by atoms with Crippen molar-refractivity contribution in [2.45, 2.75) is 13.0 Å². The van der Waals surface area contributed by atoms with Gasteiger partial charge in [-0.2, -0.15) is 0 Å². The first-order chi connectivity index (χ1) is 7.17. The Morgan fingerprint density at radius 2 is 2.27 bits per heavy atom. The Bertz CT molecular complexity index is 390. The first-order valence-corrected chi connectivity index (χ1v) is 4.48. The molecule has 0 radical (unpaired) electrons. The van der Waals surface area contributed by atoms with Crippen molar-refractivity contribution < 1.29 is 14.3 Å². The summed E-state index contributed by atoms with van der Waals surface area (Å²) >= 11 is 0. The Labute approximate surface area is 89.0 Å². The van der Waals surface area contributed by atoms with Crippen LogP contribution in [0.2, 0.25) is 0 Å². The van der Waals surface area contributed by atoms with Crippen LogP contribution in [0, 0.1) is 12.3 Å². The molecule has 0 saturated carbocycles. The van der Waals surface area contributed by atoms with E-state index in [1.807, 2.05) is 0 Å². The second-order valence-corrected chi connectivity index (χ2v) is 2.95. The SMILES string of the molecule is C#C[C@@H](C)OC(=O)c1cccc(OC)c1. The molecule has 0 heterocycles. The summed E-state index contributed by atoms with van der Waals surface area (Å²) in [5.74, 6) is 2.48. The van der Waals surface area contributed by atoms with Crippen LogP contribution in [-0.4, -0.2) is 19.2 Å². The lowest BCUT2D eigenvalue weighted by Gasteiger charge is -2.07. The zero-order valence-electron chi connectivity index (χ0n) is 8.69. The summed E-state index contributed by atoms with van der Waals surface area (Å²) in [5, 5.41) is 0. The van der Waals surface area contributed by atoms with E-state index >= 15 is 0 Å². The second kappa shape index (κ2) is 5.06. The van der Waals surface area contributed by atoms with E-state index in [1.54, 1.807) is 31.2 Å². The van der Waals surface area contributed by atoms with Gasteiger partial charge in [-0.05, 0) is 25.1 Å². The highest BCUT2D eigenvalue weighted by Gasteiger charge is 2.10. The minimum Gasteiger partial charge on any atom is -0.497 e. The molecule has 1 atom stereocenters. The minimum atomic E-state index is -0.524. The van der Waals surface area contributed by atoms with E-state index in [-0.39, 0.29) is 0 Å². The third-order valence-electron chi connectivity index (χ3n) is 1.82. The summed E-state index contributed by atoms with van der Waals surface area (Å²) in [6.07, 6.45) is 4.58. The van der Waals surface area contributed by atoms with Crippen LogP contribution in [-0.2, 0) is 4.74 Å². The number of hydrogen-bond donors (Lipinski definition) is 0. The summed E-state index contributed by atoms with van der Waals surface area (Å²) < 4.78 is 9.94. The Kier molecular flexibility index (Phi) is 3.75. The highest BCUT2D eigenvalue weighted by atomic mass is 16.5. The third-order valence-corrected chi connectivity index (χ3v) is 1.82. The van der Waals surface area contributed by atoms with Crippen molar-refractivity contribution >= 4 is 5.97 Å². The maximum absolute atomic E-state index is 11.5. The van der Waals surface area contributed by atoms with Gasteiger partial charge in [0.1, 0.15) is 5.75 Å². The molecule has 0 fully saturated rings. The molecule has 0 N–H and O–H groups in total. The van der Waals surface area contributed by atoms with Gasteiger partial charge in [-0.1, -0.05) is 12.0 Å². The lowest BCUT2D eigenvalue weighted by Crippen LogP contribution is -2.12. The van der Waals surface area contributed by atoms with Crippen LogP contribution in [0.25, 0.3) is 0 Å². The lowest BCUT2D eigenvalue weighted by atomic mass is 10.2. The van der Waals surface area contributed by atoms with E-state index in [1.165, 1.54) is 7.11 Å². The quantitative estimate of drug-likeness (QED) is 0.557. The van der Waals surface area contributed by atoms with Crippen molar-refractivity contribution in [1.29, 1.82) is 0 Å². The van der Waals surface area contributed by atoms with Gasteiger partial charge in [-0.3, -0.25) is 0 Å². The molecular weight excluding hydrogens is 192 g/mol. The first-order valence-electron chi connectivity index (χ1n) is 4.48. The average molecular weight is 204 g/mol. The number of terminal acetylenes is 1. The monoisotopic (exact) mass is 204 g/mol. The molecular formula is C12H12O3. The molecule has 0 aliphatic rings. The molecule has 78 valence electrons. The van der Waals surface area contributed by atoms with Crippen molar-refractivity contribution in [3.05, 3.63) is 29.8 Å². The molecule has 1 rings (SSSR count). The van der Waals surface area contributed by atoms with Crippen LogP contribution < -0.4 is 4.74 Å². The van der Waals surface area contributed by atoms with E-state index in [0.717, 1.165) is 0 Å². The van der Waals surface area contributed by atoms with Crippen LogP contribution in [0.1, 0.15) is 17.3 Å². The largest absolute Gasteiger partial charge is 0.497 e. The van der Waals surface area contributed by atoms with Gasteiger partial charge in [0, 0.05) is 0 Å². The lowest BCUT2D eigenvalue weighted by molar-refractivity contribution is 0.0438. The van der Waals surface area contributed by atoms with Crippen LogP contribution in [0.5, 0.6) is 5.75 Å². The van der Waals surface area contributed by atoms with Gasteiger partial charge in [0.25, 0.3) is 0 Å². The third kappa shape index (κ3) is 3.03. The van der Waals surface area contributed by atoms with Gasteiger partial charge in [0.05, 0.1) is 12.7 Å². The Balaban J connectivity index is 2.78. The maximum atomic E-state index is 11.5. The van der Waals surface area contributed by atoms with E-state index in [0.29, 0.717) is 11.3 Å². The van der Waals surface area contributed by atoms with Crippen LogP contribution in [0.15, 0.2) is 24.3 Å². The molecule has 0 saturated heterocycles. The standard InChI is InChI=1S/C12H12O3/c1-4-9(2)15-12(13)10-6-5-7-11(8-10)14-3/h1,5-9H,2-3H3/t9-/m1/s1. The van der Waals surface area contributed by atoms with Crippen LogP contribution in [0.3, 0.4) is 0 Å². The van der Waals surface area contributed by atoms with Gasteiger partial charge in [-0.15, -0.1) is 6.42 Å². The van der Waals surface area contributed by atoms with Crippen LogP contribution in [0.4, 0.5) is 0 Å². The van der Waals surface area contributed by atoms with Gasteiger partial charge in [0.15, 0.2) is 6.10 Å². The molecule has 15 heavy (non-hydrogen) atoms. The zero-order chi connectivity index (χ0) is 11.3. The molecule has 0 aliphatic carbocycles. The topological polar surface area (TPSA) is 35.5 Å². The maximum Gasteiger partial charge on any atom is 0.339 e. The second-order valence-electron chi connectivity index (χ2n) is 2.95. The van der Waals surface area contributed by atoms with Crippen molar-refractivity contribution in [2.75, 3.05) is 7.11 Å².